The van der Waals surface area contributed by atoms with Gasteiger partial charge in [0.2, 0.25) is 0 Å². The fourth-order valence-electron chi connectivity index (χ4n) is 0.622. The van der Waals surface area contributed by atoms with E-state index in [4.69, 9.17) is 5.73 Å². The molecule has 1 atom stereocenters. The summed E-state index contributed by atoms with van der Waals surface area (Å²) in [6, 6.07) is 3.86. The molecule has 3 heteroatoms. The van der Waals surface area contributed by atoms with Gasteiger partial charge in [0.1, 0.15) is 0 Å². The summed E-state index contributed by atoms with van der Waals surface area (Å²) in [5.74, 6) is 0. The van der Waals surface area contributed by atoms with Gasteiger partial charge >= 0.3 is 0 Å². The van der Waals surface area contributed by atoms with Crippen molar-refractivity contribution in [3.63, 3.8) is 0 Å². The van der Waals surface area contributed by atoms with E-state index in [1.165, 1.54) is 0 Å². The highest BCUT2D eigenvalue weighted by Gasteiger charge is 1.86. The van der Waals surface area contributed by atoms with Crippen LogP contribution in [0, 0.1) is 0 Å². The van der Waals surface area contributed by atoms with Gasteiger partial charge in [-0.3, -0.25) is 4.99 Å². The molecule has 1 aromatic rings. The fraction of sp³-hybridized carbons (Fsp3) is 0.286. The lowest BCUT2D eigenvalue weighted by molar-refractivity contribution is 0.796. The average Bonchev–Trinajstić information content (AvgIpc) is 2.34. The van der Waals surface area contributed by atoms with Gasteiger partial charge in [0.05, 0.1) is 11.9 Å². The predicted molar refractivity (Wildman–Crippen MR) is 42.0 cm³/mol. The second-order valence-corrected chi connectivity index (χ2v) is 2.14. The van der Waals surface area contributed by atoms with Crippen LogP contribution in [0.15, 0.2) is 23.3 Å². The van der Waals surface area contributed by atoms with Crippen LogP contribution >= 0.6 is 0 Å². The summed E-state index contributed by atoms with van der Waals surface area (Å²) in [6.45, 7) is 1.83. The van der Waals surface area contributed by atoms with Crippen molar-refractivity contribution in [2.24, 2.45) is 10.7 Å². The Morgan fingerprint density at radius 1 is 1.80 bits per heavy atom. The molecule has 0 bridgehead atoms. The summed E-state index contributed by atoms with van der Waals surface area (Å²) >= 11 is 0. The fourth-order valence-corrected chi connectivity index (χ4v) is 0.622. The van der Waals surface area contributed by atoms with Crippen LogP contribution < -0.4 is 5.73 Å². The van der Waals surface area contributed by atoms with Gasteiger partial charge in [-0.15, -0.1) is 0 Å². The van der Waals surface area contributed by atoms with Gasteiger partial charge < -0.3 is 10.7 Å². The number of H-pyrrole nitrogens is 1. The number of rotatable bonds is 2. The first-order valence-electron chi connectivity index (χ1n) is 3.21. The van der Waals surface area contributed by atoms with Crippen LogP contribution in [0.5, 0.6) is 0 Å². The van der Waals surface area contributed by atoms with Crippen molar-refractivity contribution < 1.29 is 0 Å². The van der Waals surface area contributed by atoms with Crippen molar-refractivity contribution in [2.75, 3.05) is 0 Å². The minimum atomic E-state index is -0.122. The van der Waals surface area contributed by atoms with E-state index in [9.17, 15) is 0 Å². The van der Waals surface area contributed by atoms with Crippen LogP contribution in [0.2, 0.25) is 0 Å². The number of nitrogens with one attached hydrogen (secondary N) is 1. The van der Waals surface area contributed by atoms with Gasteiger partial charge in [-0.25, -0.2) is 0 Å². The van der Waals surface area contributed by atoms with E-state index in [-0.39, 0.29) is 6.17 Å². The van der Waals surface area contributed by atoms with Crippen molar-refractivity contribution in [1.29, 1.82) is 0 Å². The van der Waals surface area contributed by atoms with Crippen molar-refractivity contribution in [2.45, 2.75) is 13.1 Å². The third-order valence-electron chi connectivity index (χ3n) is 1.07. The van der Waals surface area contributed by atoms with Gasteiger partial charge in [0.15, 0.2) is 0 Å². The highest BCUT2D eigenvalue weighted by Crippen LogP contribution is 1.89. The van der Waals surface area contributed by atoms with Crippen LogP contribution in [-0.4, -0.2) is 17.4 Å². The minimum absolute atomic E-state index is 0.122. The lowest BCUT2D eigenvalue weighted by atomic mass is 10.5. The van der Waals surface area contributed by atoms with E-state index < -0.39 is 0 Å². The molecule has 0 aliphatic carbocycles. The highest BCUT2D eigenvalue weighted by atomic mass is 14.9. The Balaban J connectivity index is 2.55. The Bertz CT molecular complexity index is 199. The normalized spacial score (nSPS) is 14.2. The maximum absolute atomic E-state index is 5.40. The molecule has 3 N–H and O–H groups in total. The van der Waals surface area contributed by atoms with Crippen LogP contribution in [-0.2, 0) is 0 Å². The number of hydrogen-bond acceptors (Lipinski definition) is 2. The van der Waals surface area contributed by atoms with Gasteiger partial charge in [0, 0.05) is 12.4 Å². The van der Waals surface area contributed by atoms with E-state index in [1.807, 2.05) is 25.3 Å². The Morgan fingerprint density at radius 3 is 3.10 bits per heavy atom. The van der Waals surface area contributed by atoms with Crippen LogP contribution in [0.25, 0.3) is 0 Å². The average molecular weight is 137 g/mol. The summed E-state index contributed by atoms with van der Waals surface area (Å²) < 4.78 is 0. The molecule has 54 valence electrons. The SMILES string of the molecule is CC(N)N=Cc1ccc[nH]1. The van der Waals surface area contributed by atoms with Crippen LogP contribution in [0.1, 0.15) is 12.6 Å². The number of hydrogen-bond donors (Lipinski definition) is 2. The maximum atomic E-state index is 5.40. The second-order valence-electron chi connectivity index (χ2n) is 2.14. The van der Waals surface area contributed by atoms with Gasteiger partial charge in [-0.05, 0) is 19.1 Å². The molecule has 0 spiro atoms. The maximum Gasteiger partial charge on any atom is 0.0941 e. The van der Waals surface area contributed by atoms with E-state index in [0.29, 0.717) is 0 Å². The van der Waals surface area contributed by atoms with Crippen molar-refractivity contribution in [3.05, 3.63) is 24.0 Å². The lowest BCUT2D eigenvalue weighted by Crippen LogP contribution is -2.11. The summed E-state index contributed by atoms with van der Waals surface area (Å²) in [6.07, 6.45) is 3.45. The molecule has 0 aromatic carbocycles. The number of aromatic amines is 1. The molecule has 10 heavy (non-hydrogen) atoms. The Hall–Kier alpha value is -1.09. The summed E-state index contributed by atoms with van der Waals surface area (Å²) in [5, 5.41) is 0. The van der Waals surface area contributed by atoms with Gasteiger partial charge in [-0.2, -0.15) is 0 Å². The number of nitrogens with two attached hydrogens (primary N) is 1. The van der Waals surface area contributed by atoms with E-state index >= 15 is 0 Å². The van der Waals surface area contributed by atoms with Crippen molar-refractivity contribution in [3.8, 4) is 0 Å². The topological polar surface area (TPSA) is 54.2 Å². The molecule has 1 heterocycles. The first-order valence-corrected chi connectivity index (χ1v) is 3.21. The molecule has 3 nitrogen and oxygen atoms in total. The van der Waals surface area contributed by atoms with Gasteiger partial charge in [0.25, 0.3) is 0 Å². The molecule has 1 unspecified atom stereocenters. The molecule has 0 radical (unpaired) electrons. The first-order chi connectivity index (χ1) is 4.79. The molecule has 0 aliphatic heterocycles. The number of nitrogens with zero attached hydrogens (tertiary/aromatic N) is 1. The van der Waals surface area contributed by atoms with Crippen molar-refractivity contribution in [1.82, 2.24) is 4.98 Å². The quantitative estimate of drug-likeness (QED) is 0.580. The third kappa shape index (κ3) is 2.03. The zero-order chi connectivity index (χ0) is 7.40. The number of aromatic nitrogens is 1. The van der Waals surface area contributed by atoms with Crippen LogP contribution in [0.4, 0.5) is 0 Å². The molecule has 0 fully saturated rings. The third-order valence-corrected chi connectivity index (χ3v) is 1.07. The van der Waals surface area contributed by atoms with E-state index in [0.717, 1.165) is 5.69 Å². The summed E-state index contributed by atoms with van der Waals surface area (Å²) in [7, 11) is 0. The van der Waals surface area contributed by atoms with Gasteiger partial charge in [-0.1, -0.05) is 0 Å². The Morgan fingerprint density at radius 2 is 2.60 bits per heavy atom. The van der Waals surface area contributed by atoms with Crippen molar-refractivity contribution >= 4 is 6.21 Å². The van der Waals surface area contributed by atoms with Crippen LogP contribution in [0.3, 0.4) is 0 Å². The monoisotopic (exact) mass is 137 g/mol. The summed E-state index contributed by atoms with van der Waals surface area (Å²) in [5.41, 5.74) is 6.38. The molecule has 0 saturated heterocycles. The molecule has 0 saturated carbocycles. The largest absolute Gasteiger partial charge is 0.360 e. The Kier molecular flexibility index (Phi) is 2.23. The highest BCUT2D eigenvalue weighted by molar-refractivity contribution is 5.76. The smallest absolute Gasteiger partial charge is 0.0941 e. The minimum Gasteiger partial charge on any atom is -0.360 e. The summed E-state index contributed by atoms with van der Waals surface area (Å²) in [4.78, 5) is 6.98. The molecule has 1 aromatic heterocycles. The standard InChI is InChI=1S/C7H11N3/c1-6(8)10-5-7-3-2-4-9-7/h2-6,9H,8H2,1H3. The molecular weight excluding hydrogens is 126 g/mol. The molecular formula is C7H11N3. The predicted octanol–water partition coefficient (Wildman–Crippen LogP) is 0.738. The first kappa shape index (κ1) is 7.02. The zero-order valence-electron chi connectivity index (χ0n) is 5.91. The number of aliphatic imine (C=N–C) groups is 1. The van der Waals surface area contributed by atoms with E-state index in [2.05, 4.69) is 9.98 Å². The zero-order valence-corrected chi connectivity index (χ0v) is 5.91. The lowest BCUT2D eigenvalue weighted by Gasteiger charge is -1.92. The Labute approximate surface area is 60.0 Å². The molecule has 1 rings (SSSR count). The van der Waals surface area contributed by atoms with E-state index in [1.54, 1.807) is 6.21 Å². The second kappa shape index (κ2) is 3.17. The molecule has 0 aliphatic rings. The molecule has 0 amide bonds.